The number of nitro benzene ring substituents is 1. The number of halogens is 1. The van der Waals surface area contributed by atoms with Crippen LogP contribution in [-0.2, 0) is 4.79 Å². The van der Waals surface area contributed by atoms with Crippen molar-refractivity contribution in [1.82, 2.24) is 0 Å². The Balaban J connectivity index is 2.69. The molecule has 3 N–H and O–H groups in total. The van der Waals surface area contributed by atoms with Gasteiger partial charge in [-0.15, -0.1) is 0 Å². The van der Waals surface area contributed by atoms with Gasteiger partial charge in [0.25, 0.3) is 5.69 Å². The second-order valence-electron chi connectivity index (χ2n) is 4.66. The maximum absolute atomic E-state index is 13.6. The molecule has 0 radical (unpaired) electrons. The van der Waals surface area contributed by atoms with Crippen molar-refractivity contribution in [2.45, 2.75) is 26.2 Å². The zero-order valence-electron chi connectivity index (χ0n) is 11.3. The summed E-state index contributed by atoms with van der Waals surface area (Å²) in [5.41, 5.74) is 4.58. The molecule has 0 aromatic heterocycles. The van der Waals surface area contributed by atoms with E-state index in [0.717, 1.165) is 18.6 Å². The second-order valence-corrected chi connectivity index (χ2v) is 4.66. The lowest BCUT2D eigenvalue weighted by atomic mass is 10.0. The van der Waals surface area contributed by atoms with Gasteiger partial charge in [-0.3, -0.25) is 14.9 Å². The van der Waals surface area contributed by atoms with Gasteiger partial charge in [0.1, 0.15) is 0 Å². The number of amides is 1. The summed E-state index contributed by atoms with van der Waals surface area (Å²) in [5.74, 6) is -0.981. The molecule has 0 aliphatic carbocycles. The second kappa shape index (κ2) is 7.54. The predicted octanol–water partition coefficient (Wildman–Crippen LogP) is 2.44. The molecule has 1 aromatic rings. The highest BCUT2D eigenvalue weighted by Gasteiger charge is 2.19. The van der Waals surface area contributed by atoms with Gasteiger partial charge in [0.2, 0.25) is 5.91 Å². The minimum Gasteiger partial charge on any atom is -0.330 e. The normalized spacial score (nSPS) is 11.9. The van der Waals surface area contributed by atoms with Gasteiger partial charge in [0.05, 0.1) is 4.92 Å². The van der Waals surface area contributed by atoms with Crippen LogP contribution in [0.1, 0.15) is 26.2 Å². The van der Waals surface area contributed by atoms with Crippen molar-refractivity contribution in [3.8, 4) is 0 Å². The van der Waals surface area contributed by atoms with Crippen LogP contribution >= 0.6 is 0 Å². The predicted molar refractivity (Wildman–Crippen MR) is 73.8 cm³/mol. The molecular weight excluding hydrogens is 265 g/mol. The standard InChI is InChI=1S/C13H18FN3O3/c1-9(7-8-15)5-6-12(18)16-13-10(14)3-2-4-11(13)17(19)20/h2-4,9H,5-8,15H2,1H3,(H,16,18). The largest absolute Gasteiger partial charge is 0.330 e. The highest BCUT2D eigenvalue weighted by molar-refractivity contribution is 5.93. The number of benzene rings is 1. The van der Waals surface area contributed by atoms with Crippen molar-refractivity contribution in [3.05, 3.63) is 34.1 Å². The number of carbonyl (C=O) groups excluding carboxylic acids is 1. The molecule has 1 rings (SSSR count). The molecule has 0 spiro atoms. The molecule has 1 amide bonds. The molecule has 0 saturated heterocycles. The van der Waals surface area contributed by atoms with Gasteiger partial charge < -0.3 is 11.1 Å². The van der Waals surface area contributed by atoms with E-state index in [1.54, 1.807) is 0 Å². The Labute approximate surface area is 116 Å². The van der Waals surface area contributed by atoms with Gasteiger partial charge in [-0.1, -0.05) is 13.0 Å². The number of carbonyl (C=O) groups is 1. The van der Waals surface area contributed by atoms with E-state index in [0.29, 0.717) is 13.0 Å². The average molecular weight is 283 g/mol. The maximum Gasteiger partial charge on any atom is 0.295 e. The number of nitrogens with one attached hydrogen (secondary N) is 1. The summed E-state index contributed by atoms with van der Waals surface area (Å²) in [4.78, 5) is 21.8. The van der Waals surface area contributed by atoms with E-state index in [4.69, 9.17) is 5.73 Å². The fourth-order valence-corrected chi connectivity index (χ4v) is 1.80. The van der Waals surface area contributed by atoms with Crippen LogP contribution in [0.2, 0.25) is 0 Å². The molecule has 1 atom stereocenters. The van der Waals surface area contributed by atoms with Crippen molar-refractivity contribution in [3.63, 3.8) is 0 Å². The summed E-state index contributed by atoms with van der Waals surface area (Å²) < 4.78 is 13.6. The fraction of sp³-hybridized carbons (Fsp3) is 0.462. The zero-order chi connectivity index (χ0) is 15.1. The van der Waals surface area contributed by atoms with Crippen LogP contribution in [0.15, 0.2) is 18.2 Å². The maximum atomic E-state index is 13.6. The van der Waals surface area contributed by atoms with Gasteiger partial charge in [0, 0.05) is 12.5 Å². The van der Waals surface area contributed by atoms with Crippen LogP contribution < -0.4 is 11.1 Å². The van der Waals surface area contributed by atoms with E-state index in [-0.39, 0.29) is 18.0 Å². The Morgan fingerprint density at radius 3 is 2.80 bits per heavy atom. The van der Waals surface area contributed by atoms with E-state index in [9.17, 15) is 19.3 Å². The summed E-state index contributed by atoms with van der Waals surface area (Å²) in [7, 11) is 0. The highest BCUT2D eigenvalue weighted by Crippen LogP contribution is 2.27. The van der Waals surface area contributed by atoms with E-state index in [2.05, 4.69) is 5.32 Å². The molecule has 0 bridgehead atoms. The molecule has 1 unspecified atom stereocenters. The molecule has 0 fully saturated rings. The number of hydrogen-bond donors (Lipinski definition) is 2. The third kappa shape index (κ3) is 4.58. The summed E-state index contributed by atoms with van der Waals surface area (Å²) in [5, 5.41) is 13.1. The minimum atomic E-state index is -0.817. The molecule has 0 aliphatic heterocycles. The topological polar surface area (TPSA) is 98.3 Å². The lowest BCUT2D eigenvalue weighted by Gasteiger charge is -2.10. The van der Waals surface area contributed by atoms with Crippen molar-refractivity contribution in [2.24, 2.45) is 11.7 Å². The molecule has 0 saturated carbocycles. The first kappa shape index (κ1) is 16.0. The van der Waals surface area contributed by atoms with Gasteiger partial charge in [-0.05, 0) is 31.4 Å². The van der Waals surface area contributed by atoms with Crippen LogP contribution in [-0.4, -0.2) is 17.4 Å². The highest BCUT2D eigenvalue weighted by atomic mass is 19.1. The SMILES string of the molecule is CC(CCN)CCC(=O)Nc1c(F)cccc1[N+](=O)[O-]. The minimum absolute atomic E-state index is 0.173. The number of hydrogen-bond acceptors (Lipinski definition) is 4. The summed E-state index contributed by atoms with van der Waals surface area (Å²) in [6.07, 6.45) is 1.57. The van der Waals surface area contributed by atoms with Gasteiger partial charge in [0.15, 0.2) is 11.5 Å². The molecule has 1 aromatic carbocycles. The van der Waals surface area contributed by atoms with Crippen LogP contribution in [0.25, 0.3) is 0 Å². The van der Waals surface area contributed by atoms with E-state index in [1.165, 1.54) is 6.07 Å². The van der Waals surface area contributed by atoms with Crippen molar-refractivity contribution in [1.29, 1.82) is 0 Å². The van der Waals surface area contributed by atoms with E-state index in [1.807, 2.05) is 6.92 Å². The monoisotopic (exact) mass is 283 g/mol. The molecule has 110 valence electrons. The van der Waals surface area contributed by atoms with Crippen molar-refractivity contribution >= 4 is 17.3 Å². The first-order chi connectivity index (χ1) is 9.45. The molecule has 7 heteroatoms. The van der Waals surface area contributed by atoms with Gasteiger partial charge in [-0.2, -0.15) is 0 Å². The van der Waals surface area contributed by atoms with Crippen LogP contribution in [0.5, 0.6) is 0 Å². The summed E-state index contributed by atoms with van der Waals surface area (Å²) in [6, 6.07) is 3.45. The number of nitrogens with zero attached hydrogens (tertiary/aromatic N) is 1. The Kier molecular flexibility index (Phi) is 6.05. The Morgan fingerprint density at radius 1 is 1.50 bits per heavy atom. The van der Waals surface area contributed by atoms with Gasteiger partial charge >= 0.3 is 0 Å². The quantitative estimate of drug-likeness (QED) is 0.593. The Hall–Kier alpha value is -2.02. The summed E-state index contributed by atoms with van der Waals surface area (Å²) >= 11 is 0. The number of nitro groups is 1. The number of para-hydroxylation sites is 1. The third-order valence-electron chi connectivity index (χ3n) is 2.98. The molecule has 20 heavy (non-hydrogen) atoms. The lowest BCUT2D eigenvalue weighted by molar-refractivity contribution is -0.384. The number of rotatable bonds is 7. The van der Waals surface area contributed by atoms with Crippen molar-refractivity contribution < 1.29 is 14.1 Å². The molecule has 6 nitrogen and oxygen atoms in total. The average Bonchev–Trinajstić information content (AvgIpc) is 2.39. The fourth-order valence-electron chi connectivity index (χ4n) is 1.80. The number of nitrogens with two attached hydrogens (primary N) is 1. The van der Waals surface area contributed by atoms with Crippen LogP contribution in [0.3, 0.4) is 0 Å². The van der Waals surface area contributed by atoms with Crippen molar-refractivity contribution in [2.75, 3.05) is 11.9 Å². The Bertz CT molecular complexity index is 494. The zero-order valence-corrected chi connectivity index (χ0v) is 11.3. The molecule has 0 aliphatic rings. The van der Waals surface area contributed by atoms with Gasteiger partial charge in [-0.25, -0.2) is 4.39 Å². The smallest absolute Gasteiger partial charge is 0.295 e. The Morgan fingerprint density at radius 2 is 2.20 bits per heavy atom. The third-order valence-corrected chi connectivity index (χ3v) is 2.98. The lowest BCUT2D eigenvalue weighted by Crippen LogP contribution is -2.15. The van der Waals surface area contributed by atoms with E-state index >= 15 is 0 Å². The van der Waals surface area contributed by atoms with Crippen LogP contribution in [0.4, 0.5) is 15.8 Å². The van der Waals surface area contributed by atoms with E-state index < -0.39 is 22.3 Å². The molecule has 0 heterocycles. The molecular formula is C13H18FN3O3. The van der Waals surface area contributed by atoms with Crippen LogP contribution in [0, 0.1) is 21.8 Å². The first-order valence-corrected chi connectivity index (χ1v) is 6.38. The first-order valence-electron chi connectivity index (χ1n) is 6.38. The summed E-state index contributed by atoms with van der Waals surface area (Å²) in [6.45, 7) is 2.51. The number of anilines is 1.